The van der Waals surface area contributed by atoms with Gasteiger partial charge in [-0.2, -0.15) is 0 Å². The van der Waals surface area contributed by atoms with Gasteiger partial charge in [-0.3, -0.25) is 9.59 Å². The van der Waals surface area contributed by atoms with Crippen molar-refractivity contribution in [2.45, 2.75) is 65.7 Å². The van der Waals surface area contributed by atoms with Gasteiger partial charge in [0.05, 0.1) is 6.61 Å². The zero-order valence-electron chi connectivity index (χ0n) is 12.4. The van der Waals surface area contributed by atoms with E-state index in [1.165, 1.54) is 6.92 Å². The highest BCUT2D eigenvalue weighted by molar-refractivity contribution is 5.97. The minimum atomic E-state index is -0.600. The highest BCUT2D eigenvalue weighted by Gasteiger charge is 2.23. The number of hydrogen-bond acceptors (Lipinski definition) is 4. The van der Waals surface area contributed by atoms with Crippen molar-refractivity contribution in [2.75, 3.05) is 6.61 Å². The SMILES string of the molecule is CCOC(=O)C(CCCCCCCC(C)=O)C(C)=O. The molecule has 0 heterocycles. The molecule has 0 aromatic heterocycles. The Hall–Kier alpha value is -1.19. The lowest BCUT2D eigenvalue weighted by molar-refractivity contribution is -0.151. The topological polar surface area (TPSA) is 60.4 Å². The Morgan fingerprint density at radius 2 is 1.53 bits per heavy atom. The molecule has 0 fully saturated rings. The summed E-state index contributed by atoms with van der Waals surface area (Å²) in [6, 6.07) is 0. The second-order valence-electron chi connectivity index (χ2n) is 4.92. The van der Waals surface area contributed by atoms with Gasteiger partial charge in [0, 0.05) is 6.42 Å². The summed E-state index contributed by atoms with van der Waals surface area (Å²) in [5.41, 5.74) is 0. The molecule has 0 aromatic rings. The van der Waals surface area contributed by atoms with E-state index in [9.17, 15) is 14.4 Å². The largest absolute Gasteiger partial charge is 0.465 e. The summed E-state index contributed by atoms with van der Waals surface area (Å²) < 4.78 is 4.89. The quantitative estimate of drug-likeness (QED) is 0.329. The third kappa shape index (κ3) is 9.40. The zero-order chi connectivity index (χ0) is 14.7. The summed E-state index contributed by atoms with van der Waals surface area (Å²) in [6.45, 7) is 5.10. The van der Waals surface area contributed by atoms with Gasteiger partial charge in [-0.15, -0.1) is 0 Å². The van der Waals surface area contributed by atoms with Gasteiger partial charge in [0.25, 0.3) is 0 Å². The van der Waals surface area contributed by atoms with Crippen LogP contribution in [0.15, 0.2) is 0 Å². The molecule has 0 rings (SSSR count). The highest BCUT2D eigenvalue weighted by atomic mass is 16.5. The molecule has 0 N–H and O–H groups in total. The molecular formula is C15H26O4. The fourth-order valence-electron chi connectivity index (χ4n) is 1.98. The van der Waals surface area contributed by atoms with Crippen molar-refractivity contribution >= 4 is 17.5 Å². The second-order valence-corrected chi connectivity index (χ2v) is 4.92. The van der Waals surface area contributed by atoms with Crippen LogP contribution in [0.5, 0.6) is 0 Å². The number of carbonyl (C=O) groups is 3. The van der Waals surface area contributed by atoms with Crippen LogP contribution in [0.2, 0.25) is 0 Å². The number of rotatable bonds is 11. The normalized spacial score (nSPS) is 11.9. The molecule has 0 amide bonds. The maximum absolute atomic E-state index is 11.5. The van der Waals surface area contributed by atoms with Crippen molar-refractivity contribution in [3.63, 3.8) is 0 Å². The van der Waals surface area contributed by atoms with Gasteiger partial charge in [-0.05, 0) is 33.6 Å². The first-order valence-corrected chi connectivity index (χ1v) is 7.15. The third-order valence-corrected chi connectivity index (χ3v) is 3.08. The van der Waals surface area contributed by atoms with Gasteiger partial charge < -0.3 is 9.53 Å². The summed E-state index contributed by atoms with van der Waals surface area (Å²) in [6.07, 6.45) is 6.07. The van der Waals surface area contributed by atoms with E-state index in [0.29, 0.717) is 19.4 Å². The van der Waals surface area contributed by atoms with Gasteiger partial charge >= 0.3 is 5.97 Å². The van der Waals surface area contributed by atoms with Crippen LogP contribution in [-0.4, -0.2) is 24.1 Å². The predicted octanol–water partition coefficient (Wildman–Crippen LogP) is 3.07. The van der Waals surface area contributed by atoms with Crippen molar-refractivity contribution in [2.24, 2.45) is 5.92 Å². The molecule has 4 heteroatoms. The predicted molar refractivity (Wildman–Crippen MR) is 73.8 cm³/mol. The van der Waals surface area contributed by atoms with Crippen molar-refractivity contribution < 1.29 is 19.1 Å². The molecule has 110 valence electrons. The van der Waals surface area contributed by atoms with Crippen molar-refractivity contribution in [1.82, 2.24) is 0 Å². The molecule has 1 atom stereocenters. The summed E-state index contributed by atoms with van der Waals surface area (Å²) in [4.78, 5) is 33.7. The van der Waals surface area contributed by atoms with Gasteiger partial charge in [0.15, 0.2) is 0 Å². The molecule has 0 aromatic carbocycles. The third-order valence-electron chi connectivity index (χ3n) is 3.08. The summed E-state index contributed by atoms with van der Waals surface area (Å²) in [5.74, 6) is -0.877. The van der Waals surface area contributed by atoms with E-state index in [4.69, 9.17) is 4.74 Å². The van der Waals surface area contributed by atoms with Crippen molar-refractivity contribution in [3.05, 3.63) is 0 Å². The van der Waals surface area contributed by atoms with Crippen LogP contribution in [0, 0.1) is 5.92 Å². The van der Waals surface area contributed by atoms with Crippen LogP contribution >= 0.6 is 0 Å². The van der Waals surface area contributed by atoms with Gasteiger partial charge in [-0.1, -0.05) is 25.7 Å². The molecule has 0 aliphatic carbocycles. The van der Waals surface area contributed by atoms with E-state index in [1.54, 1.807) is 13.8 Å². The molecule has 0 saturated heterocycles. The van der Waals surface area contributed by atoms with Gasteiger partial charge in [0.1, 0.15) is 17.5 Å². The lowest BCUT2D eigenvalue weighted by atomic mass is 9.97. The molecule has 0 spiro atoms. The van der Waals surface area contributed by atoms with Crippen LogP contribution in [-0.2, 0) is 19.1 Å². The number of ether oxygens (including phenoxy) is 1. The first-order valence-electron chi connectivity index (χ1n) is 7.15. The molecule has 0 bridgehead atoms. The van der Waals surface area contributed by atoms with Crippen LogP contribution in [0.3, 0.4) is 0 Å². The molecule has 0 aliphatic rings. The number of Topliss-reactive ketones (excluding diaryl/α,β-unsaturated/α-hetero) is 2. The number of ketones is 2. The first-order chi connectivity index (χ1) is 8.99. The molecular weight excluding hydrogens is 244 g/mol. The average Bonchev–Trinajstić information content (AvgIpc) is 2.31. The standard InChI is InChI=1S/C15H26O4/c1-4-19-15(18)14(13(3)17)11-9-7-5-6-8-10-12(2)16/h14H,4-11H2,1-3H3. The highest BCUT2D eigenvalue weighted by Crippen LogP contribution is 2.15. The molecule has 0 aliphatic heterocycles. The molecule has 0 radical (unpaired) electrons. The van der Waals surface area contributed by atoms with Crippen LogP contribution in [0.25, 0.3) is 0 Å². The Kier molecular flexibility index (Phi) is 10.0. The van der Waals surface area contributed by atoms with Crippen LogP contribution in [0.1, 0.15) is 65.7 Å². The summed E-state index contributed by atoms with van der Waals surface area (Å²) >= 11 is 0. The van der Waals surface area contributed by atoms with Crippen molar-refractivity contribution in [1.29, 1.82) is 0 Å². The summed E-state index contributed by atoms with van der Waals surface area (Å²) in [7, 11) is 0. The number of unbranched alkanes of at least 4 members (excludes halogenated alkanes) is 4. The maximum atomic E-state index is 11.5. The van der Waals surface area contributed by atoms with Crippen molar-refractivity contribution in [3.8, 4) is 0 Å². The van der Waals surface area contributed by atoms with Crippen LogP contribution < -0.4 is 0 Å². The maximum Gasteiger partial charge on any atom is 0.316 e. The Morgan fingerprint density at radius 3 is 2.05 bits per heavy atom. The lowest BCUT2D eigenvalue weighted by Crippen LogP contribution is -2.24. The number of carbonyl (C=O) groups excluding carboxylic acids is 3. The van der Waals surface area contributed by atoms with E-state index < -0.39 is 11.9 Å². The fourth-order valence-corrected chi connectivity index (χ4v) is 1.98. The number of hydrogen-bond donors (Lipinski definition) is 0. The Balaban J connectivity index is 3.73. The summed E-state index contributed by atoms with van der Waals surface area (Å²) in [5, 5.41) is 0. The lowest BCUT2D eigenvalue weighted by Gasteiger charge is -2.12. The molecule has 0 saturated carbocycles. The monoisotopic (exact) mass is 270 g/mol. The Labute approximate surface area is 115 Å². The first kappa shape index (κ1) is 17.8. The van der Waals surface area contributed by atoms with Gasteiger partial charge in [-0.25, -0.2) is 0 Å². The minimum Gasteiger partial charge on any atom is -0.465 e. The second kappa shape index (κ2) is 10.7. The van der Waals surface area contributed by atoms with Gasteiger partial charge in [0.2, 0.25) is 0 Å². The molecule has 19 heavy (non-hydrogen) atoms. The zero-order valence-corrected chi connectivity index (χ0v) is 12.4. The Bertz CT molecular complexity index is 297. The average molecular weight is 270 g/mol. The number of esters is 1. The smallest absolute Gasteiger partial charge is 0.316 e. The molecule has 1 unspecified atom stereocenters. The van der Waals surface area contributed by atoms with E-state index in [-0.39, 0.29) is 11.6 Å². The van der Waals surface area contributed by atoms with E-state index in [1.807, 2.05) is 0 Å². The minimum absolute atomic E-state index is 0.116. The van der Waals surface area contributed by atoms with E-state index >= 15 is 0 Å². The van der Waals surface area contributed by atoms with E-state index in [2.05, 4.69) is 0 Å². The molecule has 4 nitrogen and oxygen atoms in total. The Morgan fingerprint density at radius 1 is 0.947 bits per heavy atom. The van der Waals surface area contributed by atoms with Crippen LogP contribution in [0.4, 0.5) is 0 Å². The fraction of sp³-hybridized carbons (Fsp3) is 0.800. The van der Waals surface area contributed by atoms with E-state index in [0.717, 1.165) is 32.1 Å².